The number of hydrogen-bond acceptors (Lipinski definition) is 3. The van der Waals surface area contributed by atoms with Gasteiger partial charge in [0, 0.05) is 5.75 Å². The Bertz CT molecular complexity index is 110. The van der Waals surface area contributed by atoms with Crippen LogP contribution < -0.4 is 0 Å². The number of isocyanates is 1. The maximum absolute atomic E-state index is 9.75. The van der Waals surface area contributed by atoms with Gasteiger partial charge in [-0.3, -0.25) is 0 Å². The van der Waals surface area contributed by atoms with Gasteiger partial charge in [0.1, 0.15) is 0 Å². The molecule has 0 N–H and O–H groups in total. The summed E-state index contributed by atoms with van der Waals surface area (Å²) >= 11 is 1.70. The van der Waals surface area contributed by atoms with Gasteiger partial charge in [0.05, 0.1) is 6.04 Å². The SMILES string of the molecule is CCC(CSC)N=C=O. The van der Waals surface area contributed by atoms with E-state index in [0.717, 1.165) is 12.2 Å². The molecule has 0 aromatic rings. The van der Waals surface area contributed by atoms with Gasteiger partial charge in [0.15, 0.2) is 0 Å². The van der Waals surface area contributed by atoms with E-state index in [0.29, 0.717) is 0 Å². The maximum Gasteiger partial charge on any atom is 0.235 e. The van der Waals surface area contributed by atoms with Gasteiger partial charge < -0.3 is 0 Å². The summed E-state index contributed by atoms with van der Waals surface area (Å²) in [6.07, 6.45) is 4.49. The first-order chi connectivity index (χ1) is 4.35. The summed E-state index contributed by atoms with van der Waals surface area (Å²) in [7, 11) is 0. The second-order valence-electron chi connectivity index (χ2n) is 1.74. The van der Waals surface area contributed by atoms with Gasteiger partial charge in [-0.1, -0.05) is 6.92 Å². The van der Waals surface area contributed by atoms with E-state index in [1.165, 1.54) is 0 Å². The van der Waals surface area contributed by atoms with Crippen LogP contribution in [0.1, 0.15) is 13.3 Å². The molecule has 0 spiro atoms. The molecule has 0 aliphatic heterocycles. The van der Waals surface area contributed by atoms with Crippen LogP contribution in [0.5, 0.6) is 0 Å². The Morgan fingerprint density at radius 2 is 2.44 bits per heavy atom. The molecule has 1 atom stereocenters. The van der Waals surface area contributed by atoms with Gasteiger partial charge in [0.25, 0.3) is 0 Å². The number of hydrogen-bond donors (Lipinski definition) is 0. The van der Waals surface area contributed by atoms with Crippen molar-refractivity contribution in [1.29, 1.82) is 0 Å². The van der Waals surface area contributed by atoms with Gasteiger partial charge in [0.2, 0.25) is 6.08 Å². The average Bonchev–Trinajstić information content (AvgIpc) is 1.88. The molecule has 0 aromatic heterocycles. The Morgan fingerprint density at radius 3 is 2.78 bits per heavy atom. The summed E-state index contributed by atoms with van der Waals surface area (Å²) < 4.78 is 0. The van der Waals surface area contributed by atoms with Crippen molar-refractivity contribution in [2.45, 2.75) is 19.4 Å². The van der Waals surface area contributed by atoms with Gasteiger partial charge in [-0.05, 0) is 12.7 Å². The van der Waals surface area contributed by atoms with Crippen molar-refractivity contribution in [3.05, 3.63) is 0 Å². The van der Waals surface area contributed by atoms with Crippen LogP contribution in [-0.2, 0) is 4.79 Å². The molecule has 0 saturated carbocycles. The van der Waals surface area contributed by atoms with Crippen LogP contribution in [-0.4, -0.2) is 24.1 Å². The van der Waals surface area contributed by atoms with Crippen LogP contribution in [0.25, 0.3) is 0 Å². The van der Waals surface area contributed by atoms with Crippen molar-refractivity contribution in [3.63, 3.8) is 0 Å². The number of rotatable bonds is 4. The first-order valence-corrected chi connectivity index (χ1v) is 4.30. The van der Waals surface area contributed by atoms with E-state index in [-0.39, 0.29) is 6.04 Å². The monoisotopic (exact) mass is 145 g/mol. The molecule has 2 nitrogen and oxygen atoms in total. The Morgan fingerprint density at radius 1 is 1.78 bits per heavy atom. The van der Waals surface area contributed by atoms with Crippen LogP contribution in [0.3, 0.4) is 0 Å². The highest BCUT2D eigenvalue weighted by Gasteiger charge is 1.99. The fourth-order valence-electron chi connectivity index (χ4n) is 0.513. The lowest BCUT2D eigenvalue weighted by Gasteiger charge is -2.02. The maximum atomic E-state index is 9.75. The van der Waals surface area contributed by atoms with Gasteiger partial charge in [-0.2, -0.15) is 11.8 Å². The third-order valence-corrected chi connectivity index (χ3v) is 1.78. The summed E-state index contributed by atoms with van der Waals surface area (Å²) in [6.45, 7) is 2.02. The van der Waals surface area contributed by atoms with Crippen molar-refractivity contribution in [1.82, 2.24) is 0 Å². The van der Waals surface area contributed by atoms with E-state index in [4.69, 9.17) is 0 Å². The van der Waals surface area contributed by atoms with Gasteiger partial charge in [-0.25, -0.2) is 9.79 Å². The average molecular weight is 145 g/mol. The molecule has 52 valence electrons. The zero-order valence-corrected chi connectivity index (χ0v) is 6.57. The highest BCUT2D eigenvalue weighted by atomic mass is 32.2. The number of thioether (sulfide) groups is 1. The van der Waals surface area contributed by atoms with Crippen LogP contribution in [0.15, 0.2) is 4.99 Å². The molecule has 0 aliphatic rings. The van der Waals surface area contributed by atoms with Crippen molar-refractivity contribution < 1.29 is 4.79 Å². The van der Waals surface area contributed by atoms with E-state index >= 15 is 0 Å². The minimum atomic E-state index is 0.178. The summed E-state index contributed by atoms with van der Waals surface area (Å²) in [5.41, 5.74) is 0. The third kappa shape index (κ3) is 4.25. The second kappa shape index (κ2) is 5.86. The van der Waals surface area contributed by atoms with Crippen molar-refractivity contribution in [2.24, 2.45) is 4.99 Å². The summed E-state index contributed by atoms with van der Waals surface area (Å²) in [5, 5.41) is 0. The minimum Gasteiger partial charge on any atom is -0.211 e. The minimum absolute atomic E-state index is 0.178. The zero-order chi connectivity index (χ0) is 7.11. The van der Waals surface area contributed by atoms with Crippen LogP contribution in [0.4, 0.5) is 0 Å². The number of nitrogens with zero attached hydrogens (tertiary/aromatic N) is 1. The topological polar surface area (TPSA) is 29.4 Å². The number of carbonyl (C=O) groups excluding carboxylic acids is 1. The van der Waals surface area contributed by atoms with Crippen LogP contribution in [0, 0.1) is 0 Å². The molecule has 0 amide bonds. The quantitative estimate of drug-likeness (QED) is 0.443. The molecule has 0 aliphatic carbocycles. The van der Waals surface area contributed by atoms with E-state index in [2.05, 4.69) is 4.99 Å². The van der Waals surface area contributed by atoms with E-state index in [1.54, 1.807) is 17.8 Å². The predicted molar refractivity (Wildman–Crippen MR) is 40.6 cm³/mol. The second-order valence-corrected chi connectivity index (χ2v) is 2.65. The van der Waals surface area contributed by atoms with E-state index in [1.807, 2.05) is 13.2 Å². The lowest BCUT2D eigenvalue weighted by molar-refractivity contribution is 0.557. The molecule has 0 fully saturated rings. The molecule has 0 bridgehead atoms. The molecular weight excluding hydrogens is 134 g/mol. The summed E-state index contributed by atoms with van der Waals surface area (Å²) in [4.78, 5) is 13.4. The smallest absolute Gasteiger partial charge is 0.211 e. The first-order valence-electron chi connectivity index (χ1n) is 2.91. The van der Waals surface area contributed by atoms with Crippen LogP contribution in [0.2, 0.25) is 0 Å². The third-order valence-electron chi connectivity index (χ3n) is 1.07. The molecule has 0 saturated heterocycles. The Kier molecular flexibility index (Phi) is 5.68. The van der Waals surface area contributed by atoms with E-state index in [9.17, 15) is 4.79 Å². The summed E-state index contributed by atoms with van der Waals surface area (Å²) in [6, 6.07) is 0.178. The Hall–Kier alpha value is -0.270. The van der Waals surface area contributed by atoms with E-state index < -0.39 is 0 Å². The standard InChI is InChI=1S/C6H11NOS/c1-3-6(4-9-2)7-5-8/h6H,3-4H2,1-2H3. The summed E-state index contributed by atoms with van der Waals surface area (Å²) in [5.74, 6) is 0.922. The highest BCUT2D eigenvalue weighted by molar-refractivity contribution is 7.98. The fourth-order valence-corrected chi connectivity index (χ4v) is 1.21. The highest BCUT2D eigenvalue weighted by Crippen LogP contribution is 2.03. The largest absolute Gasteiger partial charge is 0.235 e. The molecule has 0 radical (unpaired) electrons. The van der Waals surface area contributed by atoms with Crippen molar-refractivity contribution >= 4 is 17.8 Å². The van der Waals surface area contributed by atoms with Gasteiger partial charge >= 0.3 is 0 Å². The molecule has 3 heteroatoms. The van der Waals surface area contributed by atoms with Crippen LogP contribution >= 0.6 is 11.8 Å². The molecule has 0 heterocycles. The lowest BCUT2D eigenvalue weighted by Crippen LogP contribution is -2.04. The molecule has 1 unspecified atom stereocenters. The first kappa shape index (κ1) is 8.73. The zero-order valence-electron chi connectivity index (χ0n) is 5.76. The number of aliphatic imine (C=N–C) groups is 1. The fraction of sp³-hybridized carbons (Fsp3) is 0.833. The Balaban J connectivity index is 3.53. The normalized spacial score (nSPS) is 12.2. The molecular formula is C6H11NOS. The van der Waals surface area contributed by atoms with Gasteiger partial charge in [-0.15, -0.1) is 0 Å². The van der Waals surface area contributed by atoms with Crippen molar-refractivity contribution in [3.8, 4) is 0 Å². The molecule has 9 heavy (non-hydrogen) atoms. The molecule has 0 aromatic carbocycles. The van der Waals surface area contributed by atoms with Crippen molar-refractivity contribution in [2.75, 3.05) is 12.0 Å². The molecule has 0 rings (SSSR count). The Labute approximate surface area is 59.7 Å². The predicted octanol–water partition coefficient (Wildman–Crippen LogP) is 1.46. The lowest BCUT2D eigenvalue weighted by atomic mass is 10.3.